The van der Waals surface area contributed by atoms with E-state index in [4.69, 9.17) is 15.1 Å². The third kappa shape index (κ3) is 3.88. The third-order valence-corrected chi connectivity index (χ3v) is 4.32. The molecule has 0 atom stereocenters. The van der Waals surface area contributed by atoms with Gasteiger partial charge in [-0.1, -0.05) is 0 Å². The molecule has 3 aromatic heterocycles. The highest BCUT2D eigenvalue weighted by Crippen LogP contribution is 2.30. The van der Waals surface area contributed by atoms with Crippen molar-refractivity contribution in [2.75, 3.05) is 6.54 Å². The van der Waals surface area contributed by atoms with E-state index in [1.165, 1.54) is 0 Å². The number of carbonyl (C=O) groups is 1. The maximum Gasteiger partial charge on any atom is 0.252 e. The number of nitrogens with one attached hydrogen (secondary N) is 1. The Morgan fingerprint density at radius 1 is 1.33 bits per heavy atom. The van der Waals surface area contributed by atoms with Crippen LogP contribution in [0.5, 0.6) is 0 Å². The molecule has 1 amide bonds. The van der Waals surface area contributed by atoms with Gasteiger partial charge >= 0.3 is 0 Å². The van der Waals surface area contributed by atoms with Crippen LogP contribution in [0.1, 0.15) is 55.6 Å². The number of furan rings is 1. The van der Waals surface area contributed by atoms with Gasteiger partial charge < -0.3 is 15.5 Å². The van der Waals surface area contributed by atoms with Crippen molar-refractivity contribution in [3.63, 3.8) is 0 Å². The van der Waals surface area contributed by atoms with Crippen molar-refractivity contribution in [3.8, 4) is 11.3 Å². The Kier molecular flexibility index (Phi) is 4.82. The van der Waals surface area contributed by atoms with Gasteiger partial charge in [0.25, 0.3) is 5.91 Å². The van der Waals surface area contributed by atoms with Crippen molar-refractivity contribution in [2.24, 2.45) is 5.73 Å². The van der Waals surface area contributed by atoms with Crippen LogP contribution >= 0.6 is 0 Å². The number of fused-ring (bicyclic) bond motifs is 1. The Morgan fingerprint density at radius 2 is 2.04 bits per heavy atom. The summed E-state index contributed by atoms with van der Waals surface area (Å²) in [4.78, 5) is 17.7. The van der Waals surface area contributed by atoms with Crippen molar-refractivity contribution in [3.05, 3.63) is 35.4 Å². The molecule has 0 unspecified atom stereocenters. The lowest BCUT2D eigenvalue weighted by Crippen LogP contribution is -2.45. The first-order valence-electron chi connectivity index (χ1n) is 9.09. The molecule has 144 valence electrons. The van der Waals surface area contributed by atoms with E-state index in [0.717, 1.165) is 22.5 Å². The average Bonchev–Trinajstić information content (AvgIpc) is 3.13. The summed E-state index contributed by atoms with van der Waals surface area (Å²) in [6.45, 7) is 12.0. The molecule has 0 aliphatic rings. The predicted octanol–water partition coefficient (Wildman–Crippen LogP) is 3.36. The van der Waals surface area contributed by atoms with Crippen LogP contribution < -0.4 is 11.1 Å². The number of aryl methyl sites for hydroxylation is 2. The molecule has 0 spiro atoms. The molecule has 3 heterocycles. The Balaban J connectivity index is 2.16. The molecular formula is C20H27N5O2. The van der Waals surface area contributed by atoms with Gasteiger partial charge in [-0.3, -0.25) is 4.79 Å². The lowest BCUT2D eigenvalue weighted by molar-refractivity contribution is 0.0947. The summed E-state index contributed by atoms with van der Waals surface area (Å²) in [5, 5.41) is 8.07. The quantitative estimate of drug-likeness (QED) is 0.718. The largest absolute Gasteiger partial charge is 0.466 e. The van der Waals surface area contributed by atoms with E-state index < -0.39 is 5.54 Å². The topological polar surface area (TPSA) is 99.0 Å². The lowest BCUT2D eigenvalue weighted by atomic mass is 10.1. The second-order valence-corrected chi connectivity index (χ2v) is 7.97. The molecule has 7 nitrogen and oxygen atoms in total. The molecule has 0 bridgehead atoms. The van der Waals surface area contributed by atoms with Crippen LogP contribution in [-0.4, -0.2) is 32.8 Å². The van der Waals surface area contributed by atoms with Crippen molar-refractivity contribution in [1.29, 1.82) is 0 Å². The molecule has 7 heteroatoms. The van der Waals surface area contributed by atoms with Gasteiger partial charge in [0.05, 0.1) is 22.8 Å². The third-order valence-electron chi connectivity index (χ3n) is 4.32. The van der Waals surface area contributed by atoms with Crippen molar-refractivity contribution < 1.29 is 9.21 Å². The zero-order valence-corrected chi connectivity index (χ0v) is 16.8. The maximum atomic E-state index is 12.9. The first-order chi connectivity index (χ1) is 12.6. The van der Waals surface area contributed by atoms with Crippen molar-refractivity contribution in [1.82, 2.24) is 20.1 Å². The number of hydrogen-bond donors (Lipinski definition) is 2. The number of hydrogen-bond acceptors (Lipinski definition) is 5. The minimum Gasteiger partial charge on any atom is -0.466 e. The summed E-state index contributed by atoms with van der Waals surface area (Å²) < 4.78 is 7.48. The summed E-state index contributed by atoms with van der Waals surface area (Å²) in [6.07, 6.45) is 1.70. The van der Waals surface area contributed by atoms with Crippen LogP contribution in [0, 0.1) is 13.8 Å². The minimum atomic E-state index is -0.495. The standard InChI is InChI=1S/C20H27N5O2/c1-11(2)25-18-16(9-23-25)15(19(26)22-10-20(5,6)21)8-17(24-18)14-7-12(3)27-13(14)4/h7-9,11H,10,21H2,1-6H3,(H,22,26). The highest BCUT2D eigenvalue weighted by Gasteiger charge is 2.21. The number of rotatable bonds is 5. The van der Waals surface area contributed by atoms with Crippen LogP contribution in [-0.2, 0) is 0 Å². The van der Waals surface area contributed by atoms with Crippen molar-refractivity contribution >= 4 is 16.9 Å². The van der Waals surface area contributed by atoms with Crippen LogP contribution in [0.15, 0.2) is 22.7 Å². The van der Waals surface area contributed by atoms with E-state index in [1.54, 1.807) is 12.3 Å². The van der Waals surface area contributed by atoms with Gasteiger partial charge in [-0.2, -0.15) is 5.10 Å². The Labute approximate surface area is 158 Å². The molecule has 0 saturated heterocycles. The van der Waals surface area contributed by atoms with Gasteiger partial charge in [-0.05, 0) is 53.7 Å². The fourth-order valence-electron chi connectivity index (χ4n) is 3.01. The van der Waals surface area contributed by atoms with E-state index in [0.29, 0.717) is 23.4 Å². The number of nitrogens with two attached hydrogens (primary N) is 1. The first-order valence-corrected chi connectivity index (χ1v) is 9.09. The number of nitrogens with zero attached hydrogens (tertiary/aromatic N) is 3. The van der Waals surface area contributed by atoms with Gasteiger partial charge in [-0.15, -0.1) is 0 Å². The summed E-state index contributed by atoms with van der Waals surface area (Å²) in [6, 6.07) is 3.85. The highest BCUT2D eigenvalue weighted by molar-refractivity contribution is 6.06. The van der Waals surface area contributed by atoms with E-state index in [1.807, 2.05) is 52.3 Å². The van der Waals surface area contributed by atoms with E-state index >= 15 is 0 Å². The summed E-state index contributed by atoms with van der Waals surface area (Å²) in [5.74, 6) is 1.38. The average molecular weight is 369 g/mol. The SMILES string of the molecule is Cc1cc(-c2cc(C(=O)NCC(C)(C)N)c3cnn(C(C)C)c3n2)c(C)o1. The molecule has 0 radical (unpaired) electrons. The summed E-state index contributed by atoms with van der Waals surface area (Å²) >= 11 is 0. The molecule has 3 rings (SSSR count). The van der Waals surface area contributed by atoms with E-state index in [9.17, 15) is 4.79 Å². The molecule has 0 aliphatic carbocycles. The number of carbonyl (C=O) groups excluding carboxylic acids is 1. The Bertz CT molecular complexity index is 992. The Hall–Kier alpha value is -2.67. The van der Waals surface area contributed by atoms with Crippen LogP contribution in [0.3, 0.4) is 0 Å². The van der Waals surface area contributed by atoms with Gasteiger partial charge in [-0.25, -0.2) is 9.67 Å². The van der Waals surface area contributed by atoms with Gasteiger partial charge in [0.1, 0.15) is 11.5 Å². The summed E-state index contributed by atoms with van der Waals surface area (Å²) in [5.41, 5.74) is 8.29. The first kappa shape index (κ1) is 19.1. The number of aromatic nitrogens is 3. The Morgan fingerprint density at radius 3 is 2.59 bits per heavy atom. The minimum absolute atomic E-state index is 0.122. The summed E-state index contributed by atoms with van der Waals surface area (Å²) in [7, 11) is 0. The number of amides is 1. The fourth-order valence-corrected chi connectivity index (χ4v) is 3.01. The zero-order chi connectivity index (χ0) is 19.9. The predicted molar refractivity (Wildman–Crippen MR) is 106 cm³/mol. The molecule has 0 saturated carbocycles. The molecule has 27 heavy (non-hydrogen) atoms. The van der Waals surface area contributed by atoms with Gasteiger partial charge in [0, 0.05) is 23.7 Å². The zero-order valence-electron chi connectivity index (χ0n) is 16.8. The second-order valence-electron chi connectivity index (χ2n) is 7.97. The molecular weight excluding hydrogens is 342 g/mol. The molecule has 3 aromatic rings. The molecule has 3 N–H and O–H groups in total. The maximum absolute atomic E-state index is 12.9. The molecule has 0 aliphatic heterocycles. The van der Waals surface area contributed by atoms with Crippen LogP contribution in [0.25, 0.3) is 22.3 Å². The smallest absolute Gasteiger partial charge is 0.252 e. The van der Waals surface area contributed by atoms with Gasteiger partial charge in [0.15, 0.2) is 5.65 Å². The van der Waals surface area contributed by atoms with E-state index in [2.05, 4.69) is 10.4 Å². The van der Waals surface area contributed by atoms with Crippen LogP contribution in [0.2, 0.25) is 0 Å². The highest BCUT2D eigenvalue weighted by atomic mass is 16.3. The van der Waals surface area contributed by atoms with Crippen molar-refractivity contribution in [2.45, 2.75) is 53.1 Å². The van der Waals surface area contributed by atoms with E-state index in [-0.39, 0.29) is 11.9 Å². The lowest BCUT2D eigenvalue weighted by Gasteiger charge is -2.19. The van der Waals surface area contributed by atoms with Crippen LogP contribution in [0.4, 0.5) is 0 Å². The molecule has 0 fully saturated rings. The molecule has 0 aromatic carbocycles. The normalized spacial score (nSPS) is 12.1. The monoisotopic (exact) mass is 369 g/mol. The number of pyridine rings is 1. The van der Waals surface area contributed by atoms with Gasteiger partial charge in [0.2, 0.25) is 0 Å². The second kappa shape index (κ2) is 6.81. The fraction of sp³-hybridized carbons (Fsp3) is 0.450.